The first-order chi connectivity index (χ1) is 2.41. The minimum absolute atomic E-state index is 0.958. The molecule has 0 fully saturated rings. The van der Waals surface area contributed by atoms with E-state index >= 15 is 0 Å². The van der Waals surface area contributed by atoms with Gasteiger partial charge in [0, 0.05) is 0 Å². The highest BCUT2D eigenvalue weighted by Crippen LogP contribution is 1.34. The third-order valence-electron chi connectivity index (χ3n) is 0.132. The molecule has 0 aromatic carbocycles. The van der Waals surface area contributed by atoms with Crippen LogP contribution in [0.25, 0.3) is 0 Å². The van der Waals surface area contributed by atoms with E-state index < -0.39 is 0 Å². The first-order valence-electron chi connectivity index (χ1n) is 1.03. The molecule has 0 bridgehead atoms. The summed E-state index contributed by atoms with van der Waals surface area (Å²) in [7, 11) is 0. The lowest BCUT2D eigenvalue weighted by molar-refractivity contribution is 1.27. The molecule has 0 heterocycles. The number of rotatable bonds is 0. The van der Waals surface area contributed by atoms with Gasteiger partial charge in [0.15, 0.2) is 0 Å². The van der Waals surface area contributed by atoms with E-state index in [9.17, 15) is 0 Å². The summed E-state index contributed by atoms with van der Waals surface area (Å²) < 4.78 is 0. The molecule has 0 aromatic heterocycles. The summed E-state index contributed by atoms with van der Waals surface area (Å²) in [6.45, 7) is 0. The van der Waals surface area contributed by atoms with Crippen molar-refractivity contribution in [2.75, 3.05) is 0 Å². The van der Waals surface area contributed by atoms with Crippen molar-refractivity contribution in [3.63, 3.8) is 0 Å². The number of nitrogens with zero attached hydrogens (tertiary/aromatic N) is 2. The second-order valence-electron chi connectivity index (χ2n) is 0.407. The third-order valence-corrected chi connectivity index (χ3v) is 0.132. The molecule has 0 rings (SSSR count). The molecule has 0 saturated carbocycles. The van der Waals surface area contributed by atoms with Gasteiger partial charge in [-0.3, -0.25) is 0 Å². The lowest BCUT2D eigenvalue weighted by Crippen LogP contribution is -1.76. The molecule has 0 saturated heterocycles. The molecule has 26 valence electrons. The summed E-state index contributed by atoms with van der Waals surface area (Å²) in [6.07, 6.45) is 0.958. The zero-order chi connectivity index (χ0) is 4.12. The summed E-state index contributed by atoms with van der Waals surface area (Å²) in [4.78, 5) is 0. The number of hydrogen-bond donors (Lipinski definition) is 1. The van der Waals surface area contributed by atoms with E-state index in [1.807, 2.05) is 0 Å². The smallest absolute Gasteiger partial charge is 0.124 e. The van der Waals surface area contributed by atoms with E-state index in [4.69, 9.17) is 5.26 Å². The topological polar surface area (TPSA) is 62.2 Å². The van der Waals surface area contributed by atoms with Crippen molar-refractivity contribution >= 4 is 6.21 Å². The average Bonchev–Trinajstić information content (AvgIpc) is 1.41. The quantitative estimate of drug-likeness (QED) is 0.236. The van der Waals surface area contributed by atoms with Gasteiger partial charge in [0.2, 0.25) is 0 Å². The minimum atomic E-state index is 0.958. The van der Waals surface area contributed by atoms with E-state index in [2.05, 4.69) is 10.9 Å². The van der Waals surface area contributed by atoms with Crippen molar-refractivity contribution in [2.45, 2.75) is 0 Å². The lowest BCUT2D eigenvalue weighted by Gasteiger charge is -1.53. The fourth-order valence-corrected chi connectivity index (χ4v) is 0.0333. The van der Waals surface area contributed by atoms with Crippen LogP contribution in [0.3, 0.4) is 0 Å². The van der Waals surface area contributed by atoms with Gasteiger partial charge in [-0.25, -0.2) is 0 Å². The summed E-state index contributed by atoms with van der Waals surface area (Å²) in [5.74, 6) is 4.49. The van der Waals surface area contributed by atoms with E-state index in [1.165, 1.54) is 0 Å². The standard InChI is InChI=1S/C2H3N3/c3-1-2-5-4/h2H,4H2/b5-2+. The van der Waals surface area contributed by atoms with Crippen molar-refractivity contribution in [3.8, 4) is 6.07 Å². The highest BCUT2D eigenvalue weighted by atomic mass is 15.1. The lowest BCUT2D eigenvalue weighted by atomic mass is 10.9. The van der Waals surface area contributed by atoms with Crippen LogP contribution in [-0.4, -0.2) is 6.21 Å². The molecule has 0 aliphatic carbocycles. The Labute approximate surface area is 29.7 Å². The molecule has 0 amide bonds. The number of hydrazone groups is 1. The van der Waals surface area contributed by atoms with Gasteiger partial charge in [0.05, 0.1) is 0 Å². The van der Waals surface area contributed by atoms with Gasteiger partial charge in [0.25, 0.3) is 0 Å². The van der Waals surface area contributed by atoms with Gasteiger partial charge in [-0.05, 0) is 0 Å². The predicted octanol–water partition coefficient (Wildman–Crippen LogP) is -0.546. The molecule has 0 aromatic rings. The Hall–Kier alpha value is -1.04. The van der Waals surface area contributed by atoms with Crippen molar-refractivity contribution in [2.24, 2.45) is 10.9 Å². The van der Waals surface area contributed by atoms with Gasteiger partial charge in [0.1, 0.15) is 12.3 Å². The Bertz CT molecular complexity index is 67.5. The summed E-state index contributed by atoms with van der Waals surface area (Å²) in [6, 6.07) is 1.60. The fourth-order valence-electron chi connectivity index (χ4n) is 0.0333. The molecule has 0 aliphatic heterocycles. The van der Waals surface area contributed by atoms with Crippen molar-refractivity contribution < 1.29 is 0 Å². The SMILES string of the molecule is N#C/C=N/N. The Balaban J connectivity index is 3.04. The van der Waals surface area contributed by atoms with Crippen LogP contribution < -0.4 is 5.84 Å². The first-order valence-corrected chi connectivity index (χ1v) is 1.03. The minimum Gasteiger partial charge on any atom is -0.323 e. The summed E-state index contributed by atoms with van der Waals surface area (Å²) in [5.41, 5.74) is 0. The molecule has 2 N–H and O–H groups in total. The molecule has 5 heavy (non-hydrogen) atoms. The average molecular weight is 69.1 g/mol. The van der Waals surface area contributed by atoms with Crippen LogP contribution >= 0.6 is 0 Å². The second kappa shape index (κ2) is 2.96. The zero-order valence-electron chi connectivity index (χ0n) is 2.55. The van der Waals surface area contributed by atoms with Crippen molar-refractivity contribution in [1.29, 1.82) is 5.26 Å². The Morgan fingerprint density at radius 2 is 2.60 bits per heavy atom. The van der Waals surface area contributed by atoms with Crippen LogP contribution in [0.15, 0.2) is 5.10 Å². The fraction of sp³-hybridized carbons (Fsp3) is 0. The van der Waals surface area contributed by atoms with Gasteiger partial charge in [-0.15, -0.1) is 0 Å². The summed E-state index contributed by atoms with van der Waals surface area (Å²) in [5, 5.41) is 10.5. The normalized spacial score (nSPS) is 7.80. The van der Waals surface area contributed by atoms with Crippen LogP contribution in [0.1, 0.15) is 0 Å². The Morgan fingerprint density at radius 1 is 2.00 bits per heavy atom. The highest BCUT2D eigenvalue weighted by molar-refractivity contribution is 5.74. The first kappa shape index (κ1) is 3.96. The number of hydrogen-bond acceptors (Lipinski definition) is 3. The molecule has 3 nitrogen and oxygen atoms in total. The molecule has 0 spiro atoms. The number of nitrogens with two attached hydrogens (primary N) is 1. The summed E-state index contributed by atoms with van der Waals surface area (Å²) >= 11 is 0. The largest absolute Gasteiger partial charge is 0.323 e. The van der Waals surface area contributed by atoms with Crippen LogP contribution in [0.5, 0.6) is 0 Å². The van der Waals surface area contributed by atoms with E-state index in [-0.39, 0.29) is 0 Å². The second-order valence-corrected chi connectivity index (χ2v) is 0.407. The van der Waals surface area contributed by atoms with E-state index in [0.717, 1.165) is 6.21 Å². The molecular formula is C2H3N3. The van der Waals surface area contributed by atoms with E-state index in [1.54, 1.807) is 6.07 Å². The van der Waals surface area contributed by atoms with Crippen LogP contribution in [-0.2, 0) is 0 Å². The van der Waals surface area contributed by atoms with Crippen LogP contribution in [0, 0.1) is 11.3 Å². The predicted molar refractivity (Wildman–Crippen MR) is 18.3 cm³/mol. The molecule has 0 aliphatic rings. The molecule has 3 heteroatoms. The molecule has 0 radical (unpaired) electrons. The van der Waals surface area contributed by atoms with Gasteiger partial charge in [-0.1, -0.05) is 0 Å². The maximum Gasteiger partial charge on any atom is 0.124 e. The molecule has 0 atom stereocenters. The van der Waals surface area contributed by atoms with Gasteiger partial charge < -0.3 is 5.84 Å². The third kappa shape index (κ3) is 2.96. The molecular weight excluding hydrogens is 66.0 g/mol. The number of nitriles is 1. The van der Waals surface area contributed by atoms with Crippen LogP contribution in [0.2, 0.25) is 0 Å². The molecule has 0 unspecified atom stereocenters. The zero-order valence-corrected chi connectivity index (χ0v) is 2.55. The Kier molecular flexibility index (Phi) is 2.34. The van der Waals surface area contributed by atoms with Crippen molar-refractivity contribution in [3.05, 3.63) is 0 Å². The maximum atomic E-state index is 7.59. The Morgan fingerprint density at radius 3 is 2.60 bits per heavy atom. The van der Waals surface area contributed by atoms with Gasteiger partial charge in [-0.2, -0.15) is 10.4 Å². The van der Waals surface area contributed by atoms with Gasteiger partial charge >= 0.3 is 0 Å². The van der Waals surface area contributed by atoms with Crippen molar-refractivity contribution in [1.82, 2.24) is 0 Å². The van der Waals surface area contributed by atoms with Crippen LogP contribution in [0.4, 0.5) is 0 Å². The maximum absolute atomic E-state index is 7.59. The highest BCUT2D eigenvalue weighted by Gasteiger charge is 1.46. The monoisotopic (exact) mass is 69.0 g/mol. The van der Waals surface area contributed by atoms with E-state index in [0.29, 0.717) is 0 Å².